The van der Waals surface area contributed by atoms with E-state index in [4.69, 9.17) is 4.74 Å². The average molecular weight is 367 g/mol. The number of pyridine rings is 1. The Kier molecular flexibility index (Phi) is 5.99. The van der Waals surface area contributed by atoms with Crippen LogP contribution in [-0.2, 0) is 17.6 Å². The van der Waals surface area contributed by atoms with Gasteiger partial charge in [-0.1, -0.05) is 12.1 Å². The van der Waals surface area contributed by atoms with Crippen molar-refractivity contribution < 1.29 is 9.53 Å². The van der Waals surface area contributed by atoms with Gasteiger partial charge in [-0.25, -0.2) is 4.79 Å². The molecular formula is C22H29N3O2. The summed E-state index contributed by atoms with van der Waals surface area (Å²) >= 11 is 0. The van der Waals surface area contributed by atoms with Gasteiger partial charge in [-0.15, -0.1) is 0 Å². The standard InChI is InChI=1S/C22H29N3O2/c1-22(2,3)27-21(26)24-14-11-16-7-9-18(10-8-16)25-20-6-4-5-17-15-23-13-12-19(17)20/h7-10,12-13,15,20,25H,4-6,11,14H2,1-3H3,(H,24,26). The SMILES string of the molecule is CC(C)(C)OC(=O)NCCc1ccc(NC2CCCc3cnccc32)cc1. The monoisotopic (exact) mass is 367 g/mol. The fraction of sp³-hybridized carbons (Fsp3) is 0.455. The van der Waals surface area contributed by atoms with Gasteiger partial charge in [0.2, 0.25) is 0 Å². The Morgan fingerprint density at radius 2 is 2.00 bits per heavy atom. The third-order valence-corrected chi connectivity index (χ3v) is 4.63. The van der Waals surface area contributed by atoms with Crippen molar-refractivity contribution in [2.45, 2.75) is 58.1 Å². The molecule has 144 valence electrons. The number of nitrogens with zero attached hydrogens (tertiary/aromatic N) is 1. The number of ether oxygens (including phenoxy) is 1. The lowest BCUT2D eigenvalue weighted by Gasteiger charge is -2.27. The highest BCUT2D eigenvalue weighted by Gasteiger charge is 2.20. The number of fused-ring (bicyclic) bond motifs is 1. The fourth-order valence-electron chi connectivity index (χ4n) is 3.38. The summed E-state index contributed by atoms with van der Waals surface area (Å²) in [5.41, 5.74) is 4.55. The quantitative estimate of drug-likeness (QED) is 0.808. The Balaban J connectivity index is 1.50. The number of aryl methyl sites for hydroxylation is 1. The summed E-state index contributed by atoms with van der Waals surface area (Å²) in [6.07, 6.45) is 7.71. The van der Waals surface area contributed by atoms with Crippen LogP contribution in [0.4, 0.5) is 10.5 Å². The summed E-state index contributed by atoms with van der Waals surface area (Å²) < 4.78 is 5.24. The molecule has 1 aliphatic carbocycles. The van der Waals surface area contributed by atoms with Crippen molar-refractivity contribution in [1.29, 1.82) is 0 Å². The molecule has 1 atom stereocenters. The normalized spacial score (nSPS) is 16.3. The van der Waals surface area contributed by atoms with Gasteiger partial charge in [0.25, 0.3) is 0 Å². The van der Waals surface area contributed by atoms with E-state index in [1.165, 1.54) is 23.1 Å². The first-order valence-electron chi connectivity index (χ1n) is 9.66. The van der Waals surface area contributed by atoms with Crippen LogP contribution in [0.1, 0.15) is 56.3 Å². The van der Waals surface area contributed by atoms with Crippen LogP contribution in [0, 0.1) is 0 Å². The molecule has 2 aromatic rings. The molecule has 2 N–H and O–H groups in total. The van der Waals surface area contributed by atoms with Crippen LogP contribution >= 0.6 is 0 Å². The summed E-state index contributed by atoms with van der Waals surface area (Å²) in [5.74, 6) is 0. The van der Waals surface area contributed by atoms with Gasteiger partial charge in [0, 0.05) is 24.6 Å². The van der Waals surface area contributed by atoms with E-state index in [-0.39, 0.29) is 6.09 Å². The molecule has 5 nitrogen and oxygen atoms in total. The van der Waals surface area contributed by atoms with Crippen LogP contribution < -0.4 is 10.6 Å². The van der Waals surface area contributed by atoms with Gasteiger partial charge in [0.1, 0.15) is 5.60 Å². The van der Waals surface area contributed by atoms with Crippen molar-refractivity contribution >= 4 is 11.8 Å². The molecule has 0 radical (unpaired) electrons. The topological polar surface area (TPSA) is 63.2 Å². The van der Waals surface area contributed by atoms with E-state index < -0.39 is 5.60 Å². The third-order valence-electron chi connectivity index (χ3n) is 4.63. The Labute approximate surface area is 161 Å². The first kappa shape index (κ1) is 19.2. The molecule has 5 heteroatoms. The van der Waals surface area contributed by atoms with Crippen molar-refractivity contribution in [1.82, 2.24) is 10.3 Å². The largest absolute Gasteiger partial charge is 0.444 e. The summed E-state index contributed by atoms with van der Waals surface area (Å²) in [6.45, 7) is 6.14. The summed E-state index contributed by atoms with van der Waals surface area (Å²) in [6, 6.07) is 10.9. The number of nitrogens with one attached hydrogen (secondary N) is 2. The van der Waals surface area contributed by atoms with Gasteiger partial charge < -0.3 is 15.4 Å². The molecule has 1 aromatic heterocycles. The van der Waals surface area contributed by atoms with Crippen LogP contribution in [-0.4, -0.2) is 23.2 Å². The molecule has 1 aromatic carbocycles. The zero-order valence-corrected chi connectivity index (χ0v) is 16.4. The maximum Gasteiger partial charge on any atom is 0.407 e. The molecule has 27 heavy (non-hydrogen) atoms. The smallest absolute Gasteiger partial charge is 0.407 e. The fourth-order valence-corrected chi connectivity index (χ4v) is 3.38. The van der Waals surface area contributed by atoms with Crippen LogP contribution in [0.2, 0.25) is 0 Å². The van der Waals surface area contributed by atoms with Crippen molar-refractivity contribution in [2.24, 2.45) is 0 Å². The van der Waals surface area contributed by atoms with E-state index in [0.717, 1.165) is 24.9 Å². The first-order chi connectivity index (χ1) is 12.9. The molecule has 0 saturated heterocycles. The van der Waals surface area contributed by atoms with Gasteiger partial charge in [0.05, 0.1) is 6.04 Å². The van der Waals surface area contributed by atoms with E-state index in [1.54, 1.807) is 0 Å². The molecular weight excluding hydrogens is 338 g/mol. The molecule has 3 rings (SSSR count). The lowest BCUT2D eigenvalue weighted by atomic mass is 9.89. The second-order valence-corrected chi connectivity index (χ2v) is 8.04. The van der Waals surface area contributed by atoms with Gasteiger partial charge >= 0.3 is 6.09 Å². The molecule has 1 amide bonds. The van der Waals surface area contributed by atoms with Crippen molar-refractivity contribution in [3.8, 4) is 0 Å². The first-order valence-corrected chi connectivity index (χ1v) is 9.66. The molecule has 1 heterocycles. The third kappa shape index (κ3) is 5.71. The number of hydrogen-bond acceptors (Lipinski definition) is 4. The molecule has 0 saturated carbocycles. The zero-order valence-electron chi connectivity index (χ0n) is 16.4. The van der Waals surface area contributed by atoms with Crippen molar-refractivity contribution in [2.75, 3.05) is 11.9 Å². The molecule has 0 bridgehead atoms. The maximum atomic E-state index is 11.7. The Hall–Kier alpha value is -2.56. The number of anilines is 1. The highest BCUT2D eigenvalue weighted by atomic mass is 16.6. The van der Waals surface area contributed by atoms with Crippen LogP contribution in [0.15, 0.2) is 42.7 Å². The van der Waals surface area contributed by atoms with E-state index in [2.05, 4.69) is 45.9 Å². The molecule has 0 spiro atoms. The minimum absolute atomic E-state index is 0.344. The Morgan fingerprint density at radius 3 is 2.74 bits per heavy atom. The predicted octanol–water partition coefficient (Wildman–Crippen LogP) is 4.64. The number of rotatable bonds is 5. The van der Waals surface area contributed by atoms with Crippen LogP contribution in [0.25, 0.3) is 0 Å². The highest BCUT2D eigenvalue weighted by Crippen LogP contribution is 2.31. The van der Waals surface area contributed by atoms with Gasteiger partial charge in [-0.2, -0.15) is 0 Å². The van der Waals surface area contributed by atoms with E-state index in [9.17, 15) is 4.79 Å². The number of carbonyl (C=O) groups excluding carboxylic acids is 1. The van der Waals surface area contributed by atoms with Gasteiger partial charge in [-0.05, 0) is 81.3 Å². The second kappa shape index (κ2) is 8.42. The van der Waals surface area contributed by atoms with Crippen molar-refractivity contribution in [3.63, 3.8) is 0 Å². The molecule has 1 aliphatic rings. The average Bonchev–Trinajstić information content (AvgIpc) is 2.62. The minimum Gasteiger partial charge on any atom is -0.444 e. The summed E-state index contributed by atoms with van der Waals surface area (Å²) in [7, 11) is 0. The highest BCUT2D eigenvalue weighted by molar-refractivity contribution is 5.67. The minimum atomic E-state index is -0.467. The van der Waals surface area contributed by atoms with Gasteiger partial charge in [-0.3, -0.25) is 4.98 Å². The van der Waals surface area contributed by atoms with Crippen molar-refractivity contribution in [3.05, 3.63) is 59.4 Å². The second-order valence-electron chi connectivity index (χ2n) is 8.04. The Bertz CT molecular complexity index is 766. The Morgan fingerprint density at radius 1 is 1.22 bits per heavy atom. The number of hydrogen-bond donors (Lipinski definition) is 2. The van der Waals surface area contributed by atoms with Crippen LogP contribution in [0.3, 0.4) is 0 Å². The molecule has 0 aliphatic heterocycles. The van der Waals surface area contributed by atoms with E-state index >= 15 is 0 Å². The number of carbonyl (C=O) groups is 1. The summed E-state index contributed by atoms with van der Waals surface area (Å²) in [5, 5.41) is 6.44. The van der Waals surface area contributed by atoms with Gasteiger partial charge in [0.15, 0.2) is 0 Å². The number of benzene rings is 1. The number of alkyl carbamates (subject to hydrolysis) is 1. The van der Waals surface area contributed by atoms with E-state index in [0.29, 0.717) is 12.6 Å². The number of amides is 1. The zero-order chi connectivity index (χ0) is 19.3. The number of aromatic nitrogens is 1. The summed E-state index contributed by atoms with van der Waals surface area (Å²) in [4.78, 5) is 15.9. The lowest BCUT2D eigenvalue weighted by molar-refractivity contribution is 0.0528. The molecule has 0 fully saturated rings. The van der Waals surface area contributed by atoms with Crippen LogP contribution in [0.5, 0.6) is 0 Å². The predicted molar refractivity (Wildman–Crippen MR) is 108 cm³/mol. The lowest BCUT2D eigenvalue weighted by Crippen LogP contribution is -2.33. The van der Waals surface area contributed by atoms with E-state index in [1.807, 2.05) is 33.2 Å². The maximum absolute atomic E-state index is 11.7. The molecule has 1 unspecified atom stereocenters.